The van der Waals surface area contributed by atoms with Crippen molar-refractivity contribution in [3.8, 4) is 0 Å². The lowest BCUT2D eigenvalue weighted by Crippen LogP contribution is -2.34. The van der Waals surface area contributed by atoms with E-state index in [-0.39, 0.29) is 37.1 Å². The lowest BCUT2D eigenvalue weighted by atomic mass is 10.2. The number of hydrogen-bond acceptors (Lipinski definition) is 3. The molecule has 1 rings (SSSR count). The quantitative estimate of drug-likeness (QED) is 0.736. The first kappa shape index (κ1) is 17.1. The first-order chi connectivity index (χ1) is 10.0. The predicted molar refractivity (Wildman–Crippen MR) is 77.0 cm³/mol. The van der Waals surface area contributed by atoms with Crippen LogP contribution in [0.2, 0.25) is 0 Å². The molecule has 116 valence electrons. The highest BCUT2D eigenvalue weighted by molar-refractivity contribution is 5.78. The van der Waals surface area contributed by atoms with Crippen LogP contribution < -0.4 is 5.32 Å². The number of benzene rings is 1. The number of methoxy groups -OCH3 is 1. The molecule has 0 unspecified atom stereocenters. The Kier molecular flexibility index (Phi) is 7.39. The molecule has 0 heterocycles. The maximum atomic E-state index is 13.6. The third-order valence-corrected chi connectivity index (χ3v) is 3.00. The van der Waals surface area contributed by atoms with Crippen LogP contribution in [0.25, 0.3) is 0 Å². The van der Waals surface area contributed by atoms with E-state index in [1.807, 2.05) is 0 Å². The number of nitrogens with one attached hydrogen (secondary N) is 1. The number of hydrogen-bond donors (Lipinski definition) is 1. The Hall–Kier alpha value is -1.95. The summed E-state index contributed by atoms with van der Waals surface area (Å²) in [5.74, 6) is -0.705. The molecule has 0 aliphatic heterocycles. The van der Waals surface area contributed by atoms with Crippen LogP contribution >= 0.6 is 0 Å². The molecule has 0 saturated heterocycles. The van der Waals surface area contributed by atoms with Crippen molar-refractivity contribution < 1.29 is 18.7 Å². The van der Waals surface area contributed by atoms with Crippen LogP contribution in [0.5, 0.6) is 0 Å². The van der Waals surface area contributed by atoms with Crippen molar-refractivity contribution in [2.24, 2.45) is 0 Å². The zero-order valence-electron chi connectivity index (χ0n) is 12.4. The van der Waals surface area contributed by atoms with E-state index in [9.17, 15) is 14.0 Å². The summed E-state index contributed by atoms with van der Waals surface area (Å²) in [7, 11) is 1.55. The van der Waals surface area contributed by atoms with Gasteiger partial charge in [0.2, 0.25) is 11.8 Å². The van der Waals surface area contributed by atoms with Crippen molar-refractivity contribution in [1.29, 1.82) is 0 Å². The van der Waals surface area contributed by atoms with E-state index in [2.05, 4.69) is 5.32 Å². The molecule has 21 heavy (non-hydrogen) atoms. The fourth-order valence-corrected chi connectivity index (χ4v) is 1.80. The molecule has 6 heteroatoms. The molecule has 0 saturated carbocycles. The molecule has 1 N–H and O–H groups in total. The summed E-state index contributed by atoms with van der Waals surface area (Å²) in [4.78, 5) is 24.6. The highest BCUT2D eigenvalue weighted by Crippen LogP contribution is 2.10. The minimum Gasteiger partial charge on any atom is -0.383 e. The summed E-state index contributed by atoms with van der Waals surface area (Å²) in [5.41, 5.74) is 0.437. The normalized spacial score (nSPS) is 10.2. The van der Waals surface area contributed by atoms with Gasteiger partial charge in [-0.05, 0) is 6.07 Å². The standard InChI is InChI=1S/C15H21FN2O3/c1-12(19)18(9-7-15(20)17-8-10-21-2)11-13-5-3-4-6-14(13)16/h3-6H,7-11H2,1-2H3,(H,17,20). The minimum absolute atomic E-state index is 0.160. The smallest absolute Gasteiger partial charge is 0.221 e. The van der Waals surface area contributed by atoms with Crippen molar-refractivity contribution in [1.82, 2.24) is 10.2 Å². The van der Waals surface area contributed by atoms with E-state index in [0.29, 0.717) is 18.7 Å². The first-order valence-corrected chi connectivity index (χ1v) is 6.79. The van der Waals surface area contributed by atoms with Gasteiger partial charge >= 0.3 is 0 Å². The molecule has 0 bridgehead atoms. The largest absolute Gasteiger partial charge is 0.383 e. The van der Waals surface area contributed by atoms with Crippen LogP contribution in [0.4, 0.5) is 4.39 Å². The van der Waals surface area contributed by atoms with Gasteiger partial charge in [0.1, 0.15) is 5.82 Å². The number of amides is 2. The Labute approximate surface area is 124 Å². The zero-order valence-corrected chi connectivity index (χ0v) is 12.4. The van der Waals surface area contributed by atoms with Gasteiger partial charge in [0.15, 0.2) is 0 Å². The molecule has 1 aromatic rings. The fraction of sp³-hybridized carbons (Fsp3) is 0.467. The SMILES string of the molecule is COCCNC(=O)CCN(Cc1ccccc1F)C(C)=O. The number of halogens is 1. The molecule has 1 aromatic carbocycles. The number of rotatable bonds is 8. The zero-order chi connectivity index (χ0) is 15.7. The molecule has 5 nitrogen and oxygen atoms in total. The average molecular weight is 296 g/mol. The third kappa shape index (κ3) is 6.35. The first-order valence-electron chi connectivity index (χ1n) is 6.79. The molecule has 0 atom stereocenters. The fourth-order valence-electron chi connectivity index (χ4n) is 1.80. The van der Waals surface area contributed by atoms with Crippen LogP contribution in [-0.4, -0.2) is 43.5 Å². The van der Waals surface area contributed by atoms with Crippen molar-refractivity contribution in [3.63, 3.8) is 0 Å². The van der Waals surface area contributed by atoms with E-state index in [1.165, 1.54) is 17.9 Å². The molecule has 2 amide bonds. The summed E-state index contributed by atoms with van der Waals surface area (Å²) in [6.45, 7) is 2.69. The van der Waals surface area contributed by atoms with Crippen LogP contribution in [0, 0.1) is 5.82 Å². The Morgan fingerprint density at radius 2 is 2.05 bits per heavy atom. The van der Waals surface area contributed by atoms with Crippen molar-refractivity contribution in [2.45, 2.75) is 19.9 Å². The summed E-state index contributed by atoms with van der Waals surface area (Å²) >= 11 is 0. The van der Waals surface area contributed by atoms with Crippen LogP contribution in [-0.2, 0) is 20.9 Å². The maximum absolute atomic E-state index is 13.6. The lowest BCUT2D eigenvalue weighted by Gasteiger charge is -2.21. The minimum atomic E-state index is -0.353. The van der Waals surface area contributed by atoms with Crippen LogP contribution in [0.1, 0.15) is 18.9 Å². The summed E-state index contributed by atoms with van der Waals surface area (Å²) < 4.78 is 18.4. The number of ether oxygens (including phenoxy) is 1. The Morgan fingerprint density at radius 3 is 2.67 bits per heavy atom. The molecule has 0 aliphatic rings. The molecule has 0 aromatic heterocycles. The molecular weight excluding hydrogens is 275 g/mol. The third-order valence-electron chi connectivity index (χ3n) is 3.00. The number of nitrogens with zero attached hydrogens (tertiary/aromatic N) is 1. The van der Waals surface area contributed by atoms with Gasteiger partial charge in [-0.3, -0.25) is 9.59 Å². The molecule has 0 aliphatic carbocycles. The van der Waals surface area contributed by atoms with Crippen molar-refractivity contribution in [2.75, 3.05) is 26.8 Å². The van der Waals surface area contributed by atoms with Crippen molar-refractivity contribution >= 4 is 11.8 Å². The maximum Gasteiger partial charge on any atom is 0.221 e. The van der Waals surface area contributed by atoms with Crippen LogP contribution in [0.15, 0.2) is 24.3 Å². The Bertz CT molecular complexity index is 480. The Morgan fingerprint density at radius 1 is 1.33 bits per heavy atom. The molecule has 0 fully saturated rings. The van der Waals surface area contributed by atoms with E-state index >= 15 is 0 Å². The van der Waals surface area contributed by atoms with Gasteiger partial charge in [-0.1, -0.05) is 18.2 Å². The molecule has 0 radical (unpaired) electrons. The van der Waals surface area contributed by atoms with Gasteiger partial charge < -0.3 is 15.0 Å². The van der Waals surface area contributed by atoms with Gasteiger partial charge in [-0.15, -0.1) is 0 Å². The predicted octanol–water partition coefficient (Wildman–Crippen LogP) is 1.33. The van der Waals surface area contributed by atoms with E-state index in [4.69, 9.17) is 4.74 Å². The average Bonchev–Trinajstić information content (AvgIpc) is 2.45. The van der Waals surface area contributed by atoms with Crippen LogP contribution in [0.3, 0.4) is 0 Å². The van der Waals surface area contributed by atoms with E-state index in [0.717, 1.165) is 0 Å². The van der Waals surface area contributed by atoms with E-state index < -0.39 is 0 Å². The van der Waals surface area contributed by atoms with Gasteiger partial charge in [0, 0.05) is 45.7 Å². The molecule has 0 spiro atoms. The van der Waals surface area contributed by atoms with Gasteiger partial charge in [0.25, 0.3) is 0 Å². The monoisotopic (exact) mass is 296 g/mol. The second kappa shape index (κ2) is 9.07. The summed E-state index contributed by atoms with van der Waals surface area (Å²) in [6, 6.07) is 6.30. The van der Waals surface area contributed by atoms with Crippen molar-refractivity contribution in [3.05, 3.63) is 35.6 Å². The summed E-state index contributed by atoms with van der Waals surface area (Å²) in [5, 5.41) is 2.68. The second-order valence-electron chi connectivity index (χ2n) is 4.62. The Balaban J connectivity index is 2.49. The molecular formula is C15H21FN2O3. The number of carbonyl (C=O) groups is 2. The highest BCUT2D eigenvalue weighted by Gasteiger charge is 2.13. The summed E-state index contributed by atoms with van der Waals surface area (Å²) in [6.07, 6.45) is 0.178. The lowest BCUT2D eigenvalue weighted by molar-refractivity contribution is -0.130. The topological polar surface area (TPSA) is 58.6 Å². The van der Waals surface area contributed by atoms with Gasteiger partial charge in [-0.25, -0.2) is 4.39 Å². The number of carbonyl (C=O) groups excluding carboxylic acids is 2. The van der Waals surface area contributed by atoms with E-state index in [1.54, 1.807) is 25.3 Å². The second-order valence-corrected chi connectivity index (χ2v) is 4.62. The van der Waals surface area contributed by atoms with Gasteiger partial charge in [-0.2, -0.15) is 0 Å². The van der Waals surface area contributed by atoms with Gasteiger partial charge in [0.05, 0.1) is 6.61 Å². The highest BCUT2D eigenvalue weighted by atomic mass is 19.1.